The molecule has 2 N–H and O–H groups in total. The van der Waals surface area contributed by atoms with Gasteiger partial charge in [-0.05, 0) is 30.7 Å². The summed E-state index contributed by atoms with van der Waals surface area (Å²) in [6.07, 6.45) is 0. The van der Waals surface area contributed by atoms with E-state index in [-0.39, 0.29) is 17.0 Å². The van der Waals surface area contributed by atoms with E-state index < -0.39 is 28.9 Å². The van der Waals surface area contributed by atoms with E-state index >= 15 is 0 Å². The van der Waals surface area contributed by atoms with Crippen LogP contribution in [0.15, 0.2) is 30.3 Å². The monoisotopic (exact) mass is 281 g/mol. The molecule has 0 fully saturated rings. The van der Waals surface area contributed by atoms with Crippen molar-refractivity contribution in [2.24, 2.45) is 0 Å². The van der Waals surface area contributed by atoms with Gasteiger partial charge in [-0.3, -0.25) is 4.79 Å². The first kappa shape index (κ1) is 13.9. The second kappa shape index (κ2) is 5.24. The van der Waals surface area contributed by atoms with Gasteiger partial charge in [0.15, 0.2) is 0 Å². The van der Waals surface area contributed by atoms with E-state index in [1.165, 1.54) is 13.0 Å². The first-order valence-corrected chi connectivity index (χ1v) is 5.64. The Bertz CT molecular complexity index is 686. The van der Waals surface area contributed by atoms with Gasteiger partial charge in [0, 0.05) is 12.1 Å². The van der Waals surface area contributed by atoms with Crippen LogP contribution in [0.2, 0.25) is 0 Å². The maximum absolute atomic E-state index is 13.5. The number of carbonyl (C=O) groups is 1. The van der Waals surface area contributed by atoms with Crippen LogP contribution in [0.25, 0.3) is 0 Å². The van der Waals surface area contributed by atoms with Crippen LogP contribution in [0, 0.1) is 24.4 Å². The highest BCUT2D eigenvalue weighted by atomic mass is 19.1. The maximum Gasteiger partial charge on any atom is 0.258 e. The Labute approximate surface area is 112 Å². The largest absolute Gasteiger partial charge is 0.508 e. The zero-order valence-electron chi connectivity index (χ0n) is 10.4. The molecule has 0 unspecified atom stereocenters. The molecule has 0 saturated carbocycles. The second-order valence-electron chi connectivity index (χ2n) is 4.20. The molecule has 0 heterocycles. The van der Waals surface area contributed by atoms with Crippen molar-refractivity contribution in [2.45, 2.75) is 6.92 Å². The molecule has 2 aromatic rings. The van der Waals surface area contributed by atoms with Crippen LogP contribution in [-0.4, -0.2) is 11.0 Å². The summed E-state index contributed by atoms with van der Waals surface area (Å²) in [7, 11) is 0. The van der Waals surface area contributed by atoms with Crippen molar-refractivity contribution in [1.29, 1.82) is 0 Å². The Morgan fingerprint density at radius 2 is 1.75 bits per heavy atom. The summed E-state index contributed by atoms with van der Waals surface area (Å²) in [4.78, 5) is 11.8. The fraction of sp³-hybridized carbons (Fsp3) is 0.0714. The van der Waals surface area contributed by atoms with Crippen LogP contribution in [-0.2, 0) is 0 Å². The number of aromatic hydroxyl groups is 1. The maximum atomic E-state index is 13.5. The van der Waals surface area contributed by atoms with Crippen LogP contribution < -0.4 is 5.32 Å². The number of amides is 1. The average molecular weight is 281 g/mol. The average Bonchev–Trinajstić information content (AvgIpc) is 2.37. The van der Waals surface area contributed by atoms with Crippen LogP contribution in [0.1, 0.15) is 15.9 Å². The van der Waals surface area contributed by atoms with Crippen molar-refractivity contribution >= 4 is 11.6 Å². The van der Waals surface area contributed by atoms with Gasteiger partial charge in [0.1, 0.15) is 23.2 Å². The van der Waals surface area contributed by atoms with Crippen molar-refractivity contribution in [2.75, 3.05) is 5.32 Å². The van der Waals surface area contributed by atoms with Gasteiger partial charge in [0.2, 0.25) is 0 Å². The number of rotatable bonds is 2. The third-order valence-corrected chi connectivity index (χ3v) is 2.69. The Morgan fingerprint density at radius 1 is 1.05 bits per heavy atom. The molecule has 2 rings (SSSR count). The summed E-state index contributed by atoms with van der Waals surface area (Å²) in [5, 5.41) is 11.2. The van der Waals surface area contributed by atoms with Crippen molar-refractivity contribution in [1.82, 2.24) is 0 Å². The smallest absolute Gasteiger partial charge is 0.258 e. The van der Waals surface area contributed by atoms with Crippen LogP contribution >= 0.6 is 0 Å². The normalized spacial score (nSPS) is 10.4. The quantitative estimate of drug-likeness (QED) is 0.829. The fourth-order valence-corrected chi connectivity index (χ4v) is 1.63. The lowest BCUT2D eigenvalue weighted by molar-refractivity contribution is 0.102. The molecule has 0 aliphatic heterocycles. The molecular formula is C14H10F3NO2. The first-order chi connectivity index (χ1) is 9.38. The number of phenolic OH excluding ortho intramolecular Hbond substituents is 1. The summed E-state index contributed by atoms with van der Waals surface area (Å²) in [5.41, 5.74) is -0.506. The number of halogens is 3. The molecule has 0 aromatic heterocycles. The van der Waals surface area contributed by atoms with Gasteiger partial charge in [-0.25, -0.2) is 13.2 Å². The van der Waals surface area contributed by atoms with E-state index in [9.17, 15) is 18.0 Å². The SMILES string of the molecule is Cc1cc(C(=O)Nc2ccc(O)cc2F)c(F)cc1F. The van der Waals surface area contributed by atoms with Gasteiger partial charge >= 0.3 is 0 Å². The Morgan fingerprint density at radius 3 is 2.40 bits per heavy atom. The number of hydrogen-bond donors (Lipinski definition) is 2. The number of carbonyl (C=O) groups excluding carboxylic acids is 1. The van der Waals surface area contributed by atoms with Gasteiger partial charge < -0.3 is 10.4 Å². The van der Waals surface area contributed by atoms with E-state index in [4.69, 9.17) is 5.11 Å². The lowest BCUT2D eigenvalue weighted by atomic mass is 10.1. The van der Waals surface area contributed by atoms with Crippen LogP contribution in [0.4, 0.5) is 18.9 Å². The minimum Gasteiger partial charge on any atom is -0.508 e. The molecule has 0 aliphatic rings. The fourth-order valence-electron chi connectivity index (χ4n) is 1.63. The molecule has 3 nitrogen and oxygen atoms in total. The summed E-state index contributed by atoms with van der Waals surface area (Å²) in [6, 6.07) is 4.75. The van der Waals surface area contributed by atoms with Crippen molar-refractivity contribution in [3.63, 3.8) is 0 Å². The Hall–Kier alpha value is -2.50. The molecule has 0 spiro atoms. The molecule has 0 saturated heterocycles. The molecule has 0 aliphatic carbocycles. The number of aryl methyl sites for hydroxylation is 1. The molecule has 0 bridgehead atoms. The minimum absolute atomic E-state index is 0.0997. The molecule has 6 heteroatoms. The Balaban J connectivity index is 2.31. The minimum atomic E-state index is -1.04. The van der Waals surface area contributed by atoms with E-state index in [1.54, 1.807) is 0 Å². The highest BCUT2D eigenvalue weighted by Crippen LogP contribution is 2.21. The van der Waals surface area contributed by atoms with E-state index in [2.05, 4.69) is 5.32 Å². The number of anilines is 1. The standard InChI is InChI=1S/C14H10F3NO2/c1-7-4-9(11(16)6-10(7)15)14(20)18-13-3-2-8(19)5-12(13)17/h2-6,19H,1H3,(H,18,20). The van der Waals surface area contributed by atoms with E-state index in [0.717, 1.165) is 18.2 Å². The predicted octanol–water partition coefficient (Wildman–Crippen LogP) is 3.37. The highest BCUT2D eigenvalue weighted by molar-refractivity contribution is 6.04. The van der Waals surface area contributed by atoms with Crippen molar-refractivity contribution in [3.8, 4) is 5.75 Å². The predicted molar refractivity (Wildman–Crippen MR) is 67.1 cm³/mol. The lowest BCUT2D eigenvalue weighted by Gasteiger charge is -2.08. The van der Waals surface area contributed by atoms with E-state index in [0.29, 0.717) is 6.07 Å². The van der Waals surface area contributed by atoms with Gasteiger partial charge in [-0.15, -0.1) is 0 Å². The highest BCUT2D eigenvalue weighted by Gasteiger charge is 2.16. The molecular weight excluding hydrogens is 271 g/mol. The molecule has 0 radical (unpaired) electrons. The third-order valence-electron chi connectivity index (χ3n) is 2.69. The Kier molecular flexibility index (Phi) is 3.65. The number of hydrogen-bond acceptors (Lipinski definition) is 2. The van der Waals surface area contributed by atoms with Crippen molar-refractivity contribution in [3.05, 3.63) is 58.9 Å². The zero-order valence-corrected chi connectivity index (χ0v) is 10.4. The topological polar surface area (TPSA) is 49.3 Å². The summed E-state index contributed by atoms with van der Waals surface area (Å²) in [6.45, 7) is 1.38. The van der Waals surface area contributed by atoms with Gasteiger partial charge in [-0.1, -0.05) is 0 Å². The summed E-state index contributed by atoms with van der Waals surface area (Å²) >= 11 is 0. The summed E-state index contributed by atoms with van der Waals surface area (Å²) in [5.74, 6) is -3.88. The van der Waals surface area contributed by atoms with Crippen LogP contribution in [0.5, 0.6) is 5.75 Å². The first-order valence-electron chi connectivity index (χ1n) is 5.64. The summed E-state index contributed by atoms with van der Waals surface area (Å²) < 4.78 is 40.1. The molecule has 2 aromatic carbocycles. The number of benzene rings is 2. The molecule has 20 heavy (non-hydrogen) atoms. The van der Waals surface area contributed by atoms with Crippen LogP contribution in [0.3, 0.4) is 0 Å². The third kappa shape index (κ3) is 2.74. The zero-order chi connectivity index (χ0) is 14.9. The van der Waals surface area contributed by atoms with E-state index in [1.807, 2.05) is 0 Å². The second-order valence-corrected chi connectivity index (χ2v) is 4.20. The van der Waals surface area contributed by atoms with Crippen molar-refractivity contribution < 1.29 is 23.1 Å². The molecule has 104 valence electrons. The van der Waals surface area contributed by atoms with Gasteiger partial charge in [-0.2, -0.15) is 0 Å². The van der Waals surface area contributed by atoms with Gasteiger partial charge in [0.25, 0.3) is 5.91 Å². The molecule has 1 amide bonds. The molecule has 0 atom stereocenters. The lowest BCUT2D eigenvalue weighted by Crippen LogP contribution is -2.15. The number of nitrogens with one attached hydrogen (secondary N) is 1. The number of phenols is 1. The van der Waals surface area contributed by atoms with Gasteiger partial charge in [0.05, 0.1) is 11.3 Å².